The lowest BCUT2D eigenvalue weighted by molar-refractivity contribution is -0.114. The highest BCUT2D eigenvalue weighted by molar-refractivity contribution is 5.90. The zero-order valence-corrected chi connectivity index (χ0v) is 15.3. The number of rotatable bonds is 7. The van der Waals surface area contributed by atoms with Crippen molar-refractivity contribution < 1.29 is 19.1 Å². The molecule has 2 atom stereocenters. The minimum atomic E-state index is -1.12. The maximum Gasteiger partial charge on any atom is 0.221 e. The highest BCUT2D eigenvalue weighted by Crippen LogP contribution is 2.29. The fraction of sp³-hybridized carbons (Fsp3) is 0.421. The maximum absolute atomic E-state index is 11.4. The van der Waals surface area contributed by atoms with Crippen molar-refractivity contribution in [2.24, 2.45) is 0 Å². The molecule has 0 bridgehead atoms. The van der Waals surface area contributed by atoms with Crippen LogP contribution in [0.3, 0.4) is 0 Å². The Balaban J connectivity index is 2.09. The number of carbonyl (C=O) groups is 1. The molecule has 0 saturated heterocycles. The zero-order chi connectivity index (χ0) is 18.6. The first kappa shape index (κ1) is 19.0. The summed E-state index contributed by atoms with van der Waals surface area (Å²) in [6, 6.07) is 9.17. The maximum atomic E-state index is 11.4. The van der Waals surface area contributed by atoms with Crippen molar-refractivity contribution in [2.45, 2.75) is 39.3 Å². The molecule has 0 radical (unpaired) electrons. The second kappa shape index (κ2) is 7.72. The van der Waals surface area contributed by atoms with Crippen LogP contribution in [0.1, 0.15) is 43.9 Å². The van der Waals surface area contributed by atoms with Crippen LogP contribution in [0.4, 0.5) is 5.69 Å². The summed E-state index contributed by atoms with van der Waals surface area (Å²) in [5.41, 5.74) is 0.473. The molecule has 2 rings (SSSR count). The predicted octanol–water partition coefficient (Wildman–Crippen LogP) is 3.11. The van der Waals surface area contributed by atoms with E-state index in [1.54, 1.807) is 20.1 Å². The van der Waals surface area contributed by atoms with Gasteiger partial charge in [-0.3, -0.25) is 4.79 Å². The molecule has 0 aliphatic heterocycles. The topological polar surface area (TPSA) is 83.7 Å². The van der Waals surface area contributed by atoms with Crippen molar-refractivity contribution in [3.63, 3.8) is 0 Å². The molecule has 0 spiro atoms. The van der Waals surface area contributed by atoms with Gasteiger partial charge in [0.15, 0.2) is 0 Å². The number of aryl methyl sites for hydroxylation is 1. The lowest BCUT2D eigenvalue weighted by Crippen LogP contribution is -2.36. The van der Waals surface area contributed by atoms with E-state index in [1.165, 1.54) is 6.92 Å². The van der Waals surface area contributed by atoms with Gasteiger partial charge in [-0.1, -0.05) is 6.07 Å². The molecule has 0 aliphatic carbocycles. The first-order valence-electron chi connectivity index (χ1n) is 8.21. The fourth-order valence-corrected chi connectivity index (χ4v) is 2.56. The Bertz CT molecular complexity index is 737. The van der Waals surface area contributed by atoms with Crippen LogP contribution in [-0.4, -0.2) is 24.7 Å². The molecule has 2 aromatic rings. The molecule has 0 aliphatic rings. The van der Waals surface area contributed by atoms with Crippen molar-refractivity contribution in [3.05, 3.63) is 47.4 Å². The summed E-state index contributed by atoms with van der Waals surface area (Å²) in [7, 11) is 1.56. The molecule has 2 unspecified atom stereocenters. The summed E-state index contributed by atoms with van der Waals surface area (Å²) in [6.07, 6.45) is 0. The molecular formula is C19H26N2O4. The molecule has 1 amide bonds. The smallest absolute Gasteiger partial charge is 0.221 e. The number of aliphatic hydroxyl groups is 1. The molecule has 0 fully saturated rings. The first-order chi connectivity index (χ1) is 11.7. The molecule has 1 aromatic carbocycles. The highest BCUT2D eigenvalue weighted by atomic mass is 16.5. The number of hydrogen-bond donors (Lipinski definition) is 3. The van der Waals surface area contributed by atoms with E-state index in [9.17, 15) is 9.90 Å². The number of ether oxygens (including phenoxy) is 1. The van der Waals surface area contributed by atoms with E-state index in [0.717, 1.165) is 11.3 Å². The van der Waals surface area contributed by atoms with Gasteiger partial charge in [-0.2, -0.15) is 0 Å². The molecule has 6 heteroatoms. The van der Waals surface area contributed by atoms with Crippen LogP contribution in [0.25, 0.3) is 0 Å². The minimum Gasteiger partial charge on any atom is -0.495 e. The van der Waals surface area contributed by atoms with Crippen molar-refractivity contribution in [2.75, 3.05) is 19.0 Å². The van der Waals surface area contributed by atoms with Gasteiger partial charge in [0, 0.05) is 19.5 Å². The van der Waals surface area contributed by atoms with Crippen LogP contribution in [0.2, 0.25) is 0 Å². The van der Waals surface area contributed by atoms with Gasteiger partial charge in [-0.05, 0) is 50.6 Å². The molecule has 136 valence electrons. The lowest BCUT2D eigenvalue weighted by Gasteiger charge is -2.25. The Morgan fingerprint density at radius 2 is 2.08 bits per heavy atom. The second-order valence-corrected chi connectivity index (χ2v) is 6.43. The van der Waals surface area contributed by atoms with Crippen LogP contribution in [0, 0.1) is 6.92 Å². The van der Waals surface area contributed by atoms with Crippen molar-refractivity contribution in [3.8, 4) is 5.75 Å². The highest BCUT2D eigenvalue weighted by Gasteiger charge is 2.27. The Morgan fingerprint density at radius 3 is 2.64 bits per heavy atom. The summed E-state index contributed by atoms with van der Waals surface area (Å²) >= 11 is 0. The Labute approximate surface area is 148 Å². The largest absolute Gasteiger partial charge is 0.495 e. The summed E-state index contributed by atoms with van der Waals surface area (Å²) in [5.74, 6) is 1.73. The normalized spacial score (nSPS) is 14.6. The van der Waals surface area contributed by atoms with Gasteiger partial charge in [0.2, 0.25) is 5.91 Å². The second-order valence-electron chi connectivity index (χ2n) is 6.43. The number of anilines is 1. The van der Waals surface area contributed by atoms with E-state index >= 15 is 0 Å². The summed E-state index contributed by atoms with van der Waals surface area (Å²) < 4.78 is 10.8. The average molecular weight is 346 g/mol. The summed E-state index contributed by atoms with van der Waals surface area (Å²) in [6.45, 7) is 7.32. The summed E-state index contributed by atoms with van der Waals surface area (Å²) in [5, 5.41) is 16.7. The lowest BCUT2D eigenvalue weighted by atomic mass is 10.0. The third-order valence-corrected chi connectivity index (χ3v) is 4.06. The number of benzene rings is 1. The molecule has 1 aromatic heterocycles. The van der Waals surface area contributed by atoms with E-state index in [2.05, 4.69) is 10.6 Å². The molecule has 3 N–H and O–H groups in total. The van der Waals surface area contributed by atoms with Crippen molar-refractivity contribution in [1.82, 2.24) is 5.32 Å². The molecular weight excluding hydrogens is 320 g/mol. The van der Waals surface area contributed by atoms with Crippen molar-refractivity contribution >= 4 is 11.6 Å². The first-order valence-corrected chi connectivity index (χ1v) is 8.21. The van der Waals surface area contributed by atoms with Gasteiger partial charge in [0.05, 0.1) is 12.8 Å². The monoisotopic (exact) mass is 346 g/mol. The number of amides is 1. The molecule has 0 saturated carbocycles. The summed E-state index contributed by atoms with van der Waals surface area (Å²) in [4.78, 5) is 11.4. The molecule has 1 heterocycles. The SMILES string of the molecule is COc1ccc(C(C)NCC(C)(O)c2ccc(C)o2)cc1NC(C)=O. The van der Waals surface area contributed by atoms with Gasteiger partial charge >= 0.3 is 0 Å². The van der Waals surface area contributed by atoms with Crippen LogP contribution < -0.4 is 15.4 Å². The quantitative estimate of drug-likeness (QED) is 0.717. The Morgan fingerprint density at radius 1 is 1.36 bits per heavy atom. The number of nitrogens with one attached hydrogen (secondary N) is 2. The number of methoxy groups -OCH3 is 1. The third kappa shape index (κ3) is 4.84. The van der Waals surface area contributed by atoms with Crippen molar-refractivity contribution in [1.29, 1.82) is 0 Å². The minimum absolute atomic E-state index is 0.0408. The predicted molar refractivity (Wildman–Crippen MR) is 96.7 cm³/mol. The third-order valence-electron chi connectivity index (χ3n) is 4.06. The van der Waals surface area contributed by atoms with Gasteiger partial charge in [-0.25, -0.2) is 0 Å². The Kier molecular flexibility index (Phi) is 5.87. The molecule has 6 nitrogen and oxygen atoms in total. The zero-order valence-electron chi connectivity index (χ0n) is 15.3. The molecule has 25 heavy (non-hydrogen) atoms. The van der Waals surface area contributed by atoms with E-state index in [1.807, 2.05) is 38.1 Å². The van der Waals surface area contributed by atoms with Gasteiger partial charge in [0.25, 0.3) is 0 Å². The van der Waals surface area contributed by atoms with Crippen LogP contribution in [0.5, 0.6) is 5.75 Å². The van der Waals surface area contributed by atoms with Crippen LogP contribution in [-0.2, 0) is 10.4 Å². The number of furan rings is 1. The van der Waals surface area contributed by atoms with E-state index in [4.69, 9.17) is 9.15 Å². The van der Waals surface area contributed by atoms with Gasteiger partial charge in [-0.15, -0.1) is 0 Å². The van der Waals surface area contributed by atoms with E-state index < -0.39 is 5.60 Å². The fourth-order valence-electron chi connectivity index (χ4n) is 2.56. The number of carbonyl (C=O) groups excluding carboxylic acids is 1. The number of hydrogen-bond acceptors (Lipinski definition) is 5. The van der Waals surface area contributed by atoms with E-state index in [0.29, 0.717) is 23.7 Å². The Hall–Kier alpha value is -2.31. The van der Waals surface area contributed by atoms with Crippen LogP contribution in [0.15, 0.2) is 34.7 Å². The standard InChI is InChI=1S/C19H26N2O4/c1-12-6-9-18(25-12)19(4,23)11-20-13(2)15-7-8-17(24-5)16(10-15)21-14(3)22/h6-10,13,20,23H,11H2,1-5H3,(H,21,22). The van der Waals surface area contributed by atoms with E-state index in [-0.39, 0.29) is 11.9 Å². The van der Waals surface area contributed by atoms with Gasteiger partial charge < -0.3 is 24.9 Å². The average Bonchev–Trinajstić information content (AvgIpc) is 2.99. The van der Waals surface area contributed by atoms with Crippen LogP contribution >= 0.6 is 0 Å². The van der Waals surface area contributed by atoms with Gasteiger partial charge in [0.1, 0.15) is 22.9 Å².